The van der Waals surface area contributed by atoms with E-state index in [0.29, 0.717) is 36.1 Å². The Morgan fingerprint density at radius 2 is 2.26 bits per heavy atom. The lowest BCUT2D eigenvalue weighted by molar-refractivity contribution is 0.284. The number of nitrogens with zero attached hydrogens (tertiary/aromatic N) is 1. The van der Waals surface area contributed by atoms with Gasteiger partial charge in [0.1, 0.15) is 6.61 Å². The summed E-state index contributed by atoms with van der Waals surface area (Å²) in [6.45, 7) is 0.987. The van der Waals surface area contributed by atoms with Crippen LogP contribution >= 0.6 is 22.9 Å². The van der Waals surface area contributed by atoms with Crippen molar-refractivity contribution in [2.45, 2.75) is 13.0 Å². The molecule has 0 radical (unpaired) electrons. The molecule has 0 unspecified atom stereocenters. The summed E-state index contributed by atoms with van der Waals surface area (Å²) in [6.07, 6.45) is 2.48. The summed E-state index contributed by atoms with van der Waals surface area (Å²) >= 11 is 7.60. The highest BCUT2D eigenvalue weighted by Gasteiger charge is 2.13. The molecule has 0 spiro atoms. The minimum Gasteiger partial charge on any atom is -0.493 e. The van der Waals surface area contributed by atoms with Crippen molar-refractivity contribution < 1.29 is 9.47 Å². The number of aromatic nitrogens is 1. The minimum atomic E-state index is 0.459. The summed E-state index contributed by atoms with van der Waals surface area (Å²) in [4.78, 5) is 5.07. The molecule has 0 saturated carbocycles. The van der Waals surface area contributed by atoms with Crippen molar-refractivity contribution in [1.82, 2.24) is 4.98 Å². The Bertz CT molecular complexity index is 532. The topological polar surface area (TPSA) is 57.4 Å². The summed E-state index contributed by atoms with van der Waals surface area (Å²) in [6, 6.07) is 3.60. The van der Waals surface area contributed by atoms with E-state index < -0.39 is 0 Å². The molecule has 1 aromatic heterocycles. The van der Waals surface area contributed by atoms with Gasteiger partial charge >= 0.3 is 0 Å². The van der Waals surface area contributed by atoms with Gasteiger partial charge in [-0.2, -0.15) is 0 Å². The van der Waals surface area contributed by atoms with Gasteiger partial charge < -0.3 is 15.2 Å². The van der Waals surface area contributed by atoms with Gasteiger partial charge in [-0.05, 0) is 19.0 Å². The number of hydrogen-bond acceptors (Lipinski definition) is 5. The first-order valence-electron chi connectivity index (χ1n) is 5.81. The average molecular weight is 299 g/mol. The maximum absolute atomic E-state index is 6.05. The van der Waals surface area contributed by atoms with Gasteiger partial charge in [0.2, 0.25) is 0 Å². The number of hydrogen-bond donors (Lipinski definition) is 1. The standard InChI is InChI=1S/C13H15ClN2O2S/c1-17-12-5-10(14)4-9(2-3-15)13(12)18-7-11-6-16-8-19-11/h4-6,8H,2-3,7,15H2,1H3. The van der Waals surface area contributed by atoms with Crippen LogP contribution in [-0.2, 0) is 13.0 Å². The van der Waals surface area contributed by atoms with Crippen LogP contribution in [0.25, 0.3) is 0 Å². The number of halogens is 1. The van der Waals surface area contributed by atoms with Gasteiger partial charge in [0.05, 0.1) is 17.5 Å². The van der Waals surface area contributed by atoms with Crippen molar-refractivity contribution in [3.63, 3.8) is 0 Å². The van der Waals surface area contributed by atoms with Crippen LogP contribution in [0.4, 0.5) is 0 Å². The normalized spacial score (nSPS) is 10.5. The first kappa shape index (κ1) is 14.1. The molecule has 2 aromatic rings. The van der Waals surface area contributed by atoms with Crippen LogP contribution in [0.15, 0.2) is 23.8 Å². The zero-order valence-corrected chi connectivity index (χ0v) is 12.1. The maximum atomic E-state index is 6.05. The molecule has 0 atom stereocenters. The summed E-state index contributed by atoms with van der Waals surface area (Å²) in [7, 11) is 1.59. The molecule has 0 amide bonds. The Morgan fingerprint density at radius 3 is 2.89 bits per heavy atom. The van der Waals surface area contributed by atoms with Gasteiger partial charge in [0, 0.05) is 22.8 Å². The van der Waals surface area contributed by atoms with E-state index in [1.165, 1.54) is 0 Å². The van der Waals surface area contributed by atoms with E-state index in [0.717, 1.165) is 10.4 Å². The molecular weight excluding hydrogens is 284 g/mol. The summed E-state index contributed by atoms with van der Waals surface area (Å²) < 4.78 is 11.2. The highest BCUT2D eigenvalue weighted by Crippen LogP contribution is 2.35. The minimum absolute atomic E-state index is 0.459. The maximum Gasteiger partial charge on any atom is 0.165 e. The van der Waals surface area contributed by atoms with Gasteiger partial charge in [-0.15, -0.1) is 11.3 Å². The van der Waals surface area contributed by atoms with Crippen molar-refractivity contribution in [1.29, 1.82) is 0 Å². The zero-order valence-electron chi connectivity index (χ0n) is 10.6. The summed E-state index contributed by atoms with van der Waals surface area (Å²) in [5.41, 5.74) is 8.35. The molecule has 1 heterocycles. The fourth-order valence-corrected chi connectivity index (χ4v) is 2.47. The van der Waals surface area contributed by atoms with Crippen LogP contribution in [-0.4, -0.2) is 18.6 Å². The van der Waals surface area contributed by atoms with Gasteiger partial charge in [-0.25, -0.2) is 0 Å². The number of nitrogens with two attached hydrogens (primary N) is 1. The molecule has 2 N–H and O–H groups in total. The fourth-order valence-electron chi connectivity index (χ4n) is 1.74. The van der Waals surface area contributed by atoms with Crippen LogP contribution in [0.3, 0.4) is 0 Å². The second-order valence-electron chi connectivity index (χ2n) is 3.89. The monoisotopic (exact) mass is 298 g/mol. The van der Waals surface area contributed by atoms with Crippen LogP contribution in [0.2, 0.25) is 5.02 Å². The lowest BCUT2D eigenvalue weighted by Crippen LogP contribution is -2.06. The SMILES string of the molecule is COc1cc(Cl)cc(CCN)c1OCc1cncs1. The second-order valence-corrected chi connectivity index (χ2v) is 5.30. The molecule has 4 nitrogen and oxygen atoms in total. The van der Waals surface area contributed by atoms with Gasteiger partial charge in [0.15, 0.2) is 11.5 Å². The summed E-state index contributed by atoms with van der Waals surface area (Å²) in [5.74, 6) is 1.33. The largest absolute Gasteiger partial charge is 0.493 e. The molecule has 0 bridgehead atoms. The van der Waals surface area contributed by atoms with Crippen molar-refractivity contribution in [2.75, 3.05) is 13.7 Å². The molecule has 2 rings (SSSR count). The predicted molar refractivity (Wildman–Crippen MR) is 77.2 cm³/mol. The highest BCUT2D eigenvalue weighted by atomic mass is 35.5. The lowest BCUT2D eigenvalue weighted by atomic mass is 10.1. The third-order valence-corrected chi connectivity index (χ3v) is 3.54. The Morgan fingerprint density at radius 1 is 1.42 bits per heavy atom. The van der Waals surface area contributed by atoms with Gasteiger partial charge in [-0.3, -0.25) is 4.98 Å². The quantitative estimate of drug-likeness (QED) is 0.891. The molecule has 19 heavy (non-hydrogen) atoms. The molecule has 0 aliphatic heterocycles. The molecule has 6 heteroatoms. The molecule has 0 saturated heterocycles. The zero-order chi connectivity index (χ0) is 13.7. The van der Waals surface area contributed by atoms with Gasteiger partial charge in [-0.1, -0.05) is 11.6 Å². The lowest BCUT2D eigenvalue weighted by Gasteiger charge is -2.15. The van der Waals surface area contributed by atoms with Crippen LogP contribution < -0.4 is 15.2 Å². The smallest absolute Gasteiger partial charge is 0.165 e. The number of methoxy groups -OCH3 is 1. The highest BCUT2D eigenvalue weighted by molar-refractivity contribution is 7.09. The van der Waals surface area contributed by atoms with Crippen LogP contribution in [0.1, 0.15) is 10.4 Å². The average Bonchev–Trinajstić information content (AvgIpc) is 2.90. The van der Waals surface area contributed by atoms with E-state index in [2.05, 4.69) is 4.98 Å². The predicted octanol–water partition coefficient (Wildman–Crippen LogP) is 2.89. The fraction of sp³-hybridized carbons (Fsp3) is 0.308. The molecule has 1 aromatic carbocycles. The van der Waals surface area contributed by atoms with Crippen molar-refractivity contribution in [3.05, 3.63) is 39.3 Å². The number of ether oxygens (including phenoxy) is 2. The van der Waals surface area contributed by atoms with E-state index in [9.17, 15) is 0 Å². The molecular formula is C13H15ClN2O2S. The molecule has 0 fully saturated rings. The Kier molecular flexibility index (Phi) is 5.01. The van der Waals surface area contributed by atoms with E-state index in [1.807, 2.05) is 6.07 Å². The van der Waals surface area contributed by atoms with Crippen molar-refractivity contribution >= 4 is 22.9 Å². The first-order valence-corrected chi connectivity index (χ1v) is 7.07. The summed E-state index contributed by atoms with van der Waals surface area (Å²) in [5, 5.41) is 0.616. The van der Waals surface area contributed by atoms with E-state index in [1.54, 1.807) is 36.2 Å². The van der Waals surface area contributed by atoms with Crippen LogP contribution in [0.5, 0.6) is 11.5 Å². The van der Waals surface area contributed by atoms with E-state index >= 15 is 0 Å². The molecule has 0 aliphatic carbocycles. The van der Waals surface area contributed by atoms with E-state index in [4.69, 9.17) is 26.8 Å². The number of benzene rings is 1. The van der Waals surface area contributed by atoms with Gasteiger partial charge in [0.25, 0.3) is 0 Å². The first-order chi connectivity index (χ1) is 9.24. The second kappa shape index (κ2) is 6.75. The Labute approximate surface area is 121 Å². The van der Waals surface area contributed by atoms with Crippen molar-refractivity contribution in [3.8, 4) is 11.5 Å². The molecule has 102 valence electrons. The Balaban J connectivity index is 2.24. The van der Waals surface area contributed by atoms with E-state index in [-0.39, 0.29) is 0 Å². The number of thiazole rings is 1. The third-order valence-electron chi connectivity index (χ3n) is 2.57. The third kappa shape index (κ3) is 3.59. The molecule has 0 aliphatic rings. The number of rotatable bonds is 6. The van der Waals surface area contributed by atoms with Crippen molar-refractivity contribution in [2.24, 2.45) is 5.73 Å². The van der Waals surface area contributed by atoms with Crippen LogP contribution in [0, 0.1) is 0 Å². The Hall–Kier alpha value is -1.30.